The molecule has 17 heavy (non-hydrogen) atoms. The van der Waals surface area contributed by atoms with E-state index in [2.05, 4.69) is 4.98 Å². The van der Waals surface area contributed by atoms with E-state index in [1.165, 1.54) is 12.3 Å². The summed E-state index contributed by atoms with van der Waals surface area (Å²) in [4.78, 5) is 3.95. The third-order valence-corrected chi connectivity index (χ3v) is 2.35. The van der Waals surface area contributed by atoms with Crippen LogP contribution < -0.4 is 4.74 Å². The molecule has 1 aromatic carbocycles. The first kappa shape index (κ1) is 11.5. The van der Waals surface area contributed by atoms with Crippen LogP contribution in [0.2, 0.25) is 0 Å². The highest BCUT2D eigenvalue weighted by atomic mass is 19.1. The monoisotopic (exact) mass is 233 g/mol. The minimum Gasteiger partial charge on any atom is -0.436 e. The first-order chi connectivity index (χ1) is 8.20. The van der Waals surface area contributed by atoms with E-state index in [4.69, 9.17) is 9.84 Å². The van der Waals surface area contributed by atoms with E-state index in [1.54, 1.807) is 31.2 Å². The lowest BCUT2D eigenvalue weighted by atomic mass is 10.2. The molecule has 0 bridgehead atoms. The van der Waals surface area contributed by atoms with Gasteiger partial charge in [0.25, 0.3) is 0 Å². The number of pyridine rings is 1. The molecule has 2 rings (SSSR count). The predicted octanol–water partition coefficient (Wildman–Crippen LogP) is 2.81. The Hall–Kier alpha value is -1.94. The number of aliphatic hydroxyl groups is 1. The molecule has 0 spiro atoms. The standard InChI is InChI=1S/C13H12FNO2/c1-9-3-2-4-11(13(9)14)17-12-7-10(8-16)5-6-15-12/h2-7,16H,8H2,1H3. The molecule has 0 aliphatic heterocycles. The van der Waals surface area contributed by atoms with Crippen molar-refractivity contribution >= 4 is 0 Å². The maximum atomic E-state index is 13.7. The number of rotatable bonds is 3. The molecule has 0 atom stereocenters. The van der Waals surface area contributed by atoms with Gasteiger partial charge < -0.3 is 9.84 Å². The average molecular weight is 233 g/mol. The predicted molar refractivity (Wildman–Crippen MR) is 61.4 cm³/mol. The fourth-order valence-electron chi connectivity index (χ4n) is 1.42. The molecular formula is C13H12FNO2. The lowest BCUT2D eigenvalue weighted by molar-refractivity contribution is 0.281. The van der Waals surface area contributed by atoms with Crippen LogP contribution in [0, 0.1) is 12.7 Å². The fourth-order valence-corrected chi connectivity index (χ4v) is 1.42. The van der Waals surface area contributed by atoms with Gasteiger partial charge in [-0.25, -0.2) is 9.37 Å². The number of benzene rings is 1. The molecule has 1 N–H and O–H groups in total. The number of aromatic nitrogens is 1. The van der Waals surface area contributed by atoms with Gasteiger partial charge in [-0.3, -0.25) is 0 Å². The number of ether oxygens (including phenoxy) is 1. The van der Waals surface area contributed by atoms with Gasteiger partial charge in [-0.2, -0.15) is 0 Å². The zero-order valence-corrected chi connectivity index (χ0v) is 9.35. The van der Waals surface area contributed by atoms with Crippen LogP contribution in [0.3, 0.4) is 0 Å². The van der Waals surface area contributed by atoms with Crippen LogP contribution in [0.15, 0.2) is 36.5 Å². The fraction of sp³-hybridized carbons (Fsp3) is 0.154. The van der Waals surface area contributed by atoms with E-state index in [-0.39, 0.29) is 18.2 Å². The summed E-state index contributed by atoms with van der Waals surface area (Å²) >= 11 is 0. The van der Waals surface area contributed by atoms with Gasteiger partial charge >= 0.3 is 0 Å². The molecule has 2 aromatic rings. The Morgan fingerprint density at radius 2 is 2.18 bits per heavy atom. The number of hydrogen-bond donors (Lipinski definition) is 1. The Morgan fingerprint density at radius 3 is 2.94 bits per heavy atom. The maximum absolute atomic E-state index is 13.7. The molecule has 0 fully saturated rings. The van der Waals surface area contributed by atoms with Crippen molar-refractivity contribution in [1.82, 2.24) is 4.98 Å². The van der Waals surface area contributed by atoms with Gasteiger partial charge in [0, 0.05) is 12.3 Å². The maximum Gasteiger partial charge on any atom is 0.219 e. The van der Waals surface area contributed by atoms with Crippen LogP contribution in [0.25, 0.3) is 0 Å². The Labute approximate surface area is 98.5 Å². The van der Waals surface area contributed by atoms with E-state index in [0.29, 0.717) is 11.1 Å². The summed E-state index contributed by atoms with van der Waals surface area (Å²) in [5.74, 6) is -0.00246. The van der Waals surface area contributed by atoms with Crippen molar-refractivity contribution in [2.24, 2.45) is 0 Å². The van der Waals surface area contributed by atoms with E-state index >= 15 is 0 Å². The summed E-state index contributed by atoms with van der Waals surface area (Å²) in [5, 5.41) is 8.97. The summed E-state index contributed by atoms with van der Waals surface area (Å²) in [7, 11) is 0. The van der Waals surface area contributed by atoms with Crippen molar-refractivity contribution in [2.45, 2.75) is 13.5 Å². The third kappa shape index (κ3) is 2.60. The van der Waals surface area contributed by atoms with Crippen LogP contribution in [0.4, 0.5) is 4.39 Å². The minimum atomic E-state index is -0.399. The Kier molecular flexibility index (Phi) is 3.35. The van der Waals surface area contributed by atoms with Crippen LogP contribution in [0.5, 0.6) is 11.6 Å². The van der Waals surface area contributed by atoms with Crippen molar-refractivity contribution in [1.29, 1.82) is 0 Å². The number of aliphatic hydroxyl groups excluding tert-OH is 1. The van der Waals surface area contributed by atoms with Crippen LogP contribution in [-0.4, -0.2) is 10.1 Å². The van der Waals surface area contributed by atoms with Crippen LogP contribution in [0.1, 0.15) is 11.1 Å². The van der Waals surface area contributed by atoms with Gasteiger partial charge in [0.15, 0.2) is 11.6 Å². The van der Waals surface area contributed by atoms with Gasteiger partial charge in [-0.15, -0.1) is 0 Å². The number of halogens is 1. The molecule has 0 aliphatic carbocycles. The highest BCUT2D eigenvalue weighted by Crippen LogP contribution is 2.25. The quantitative estimate of drug-likeness (QED) is 0.886. The SMILES string of the molecule is Cc1cccc(Oc2cc(CO)ccn2)c1F. The Balaban J connectivity index is 2.28. The van der Waals surface area contributed by atoms with Crippen LogP contribution >= 0.6 is 0 Å². The topological polar surface area (TPSA) is 42.4 Å². The first-order valence-electron chi connectivity index (χ1n) is 5.19. The zero-order valence-electron chi connectivity index (χ0n) is 9.35. The molecule has 0 amide bonds. The second-order valence-electron chi connectivity index (χ2n) is 3.65. The van der Waals surface area contributed by atoms with Crippen molar-refractivity contribution < 1.29 is 14.2 Å². The lowest BCUT2D eigenvalue weighted by Crippen LogP contribution is -1.94. The lowest BCUT2D eigenvalue weighted by Gasteiger charge is -2.07. The van der Waals surface area contributed by atoms with E-state index in [9.17, 15) is 4.39 Å². The molecule has 3 nitrogen and oxygen atoms in total. The summed E-state index contributed by atoms with van der Waals surface area (Å²) < 4.78 is 19.0. The van der Waals surface area contributed by atoms with Gasteiger partial charge in [0.1, 0.15) is 0 Å². The third-order valence-electron chi connectivity index (χ3n) is 2.35. The van der Waals surface area contributed by atoms with E-state index < -0.39 is 5.82 Å². The van der Waals surface area contributed by atoms with E-state index in [1.807, 2.05) is 0 Å². The molecular weight excluding hydrogens is 221 g/mol. The van der Waals surface area contributed by atoms with Gasteiger partial charge in [0.05, 0.1) is 6.61 Å². The molecule has 0 saturated heterocycles. The van der Waals surface area contributed by atoms with Crippen molar-refractivity contribution in [3.8, 4) is 11.6 Å². The van der Waals surface area contributed by atoms with Crippen LogP contribution in [-0.2, 0) is 6.61 Å². The highest BCUT2D eigenvalue weighted by Gasteiger charge is 2.07. The number of hydrogen-bond acceptors (Lipinski definition) is 3. The largest absolute Gasteiger partial charge is 0.436 e. The highest BCUT2D eigenvalue weighted by molar-refractivity contribution is 5.33. The van der Waals surface area contributed by atoms with Gasteiger partial charge in [0.2, 0.25) is 5.88 Å². The normalized spacial score (nSPS) is 10.3. The van der Waals surface area contributed by atoms with Crippen molar-refractivity contribution in [2.75, 3.05) is 0 Å². The number of nitrogens with zero attached hydrogens (tertiary/aromatic N) is 1. The second-order valence-corrected chi connectivity index (χ2v) is 3.65. The first-order valence-corrected chi connectivity index (χ1v) is 5.19. The zero-order chi connectivity index (χ0) is 12.3. The second kappa shape index (κ2) is 4.93. The summed E-state index contributed by atoms with van der Waals surface area (Å²) in [6.45, 7) is 1.56. The molecule has 0 saturated carbocycles. The molecule has 4 heteroatoms. The molecule has 0 radical (unpaired) electrons. The van der Waals surface area contributed by atoms with Crippen molar-refractivity contribution in [3.63, 3.8) is 0 Å². The van der Waals surface area contributed by atoms with Gasteiger partial charge in [-0.1, -0.05) is 12.1 Å². The molecule has 1 aromatic heterocycles. The van der Waals surface area contributed by atoms with Gasteiger partial charge in [-0.05, 0) is 30.2 Å². The Bertz CT molecular complexity index is 529. The smallest absolute Gasteiger partial charge is 0.219 e. The van der Waals surface area contributed by atoms with Crippen molar-refractivity contribution in [3.05, 3.63) is 53.5 Å². The number of aryl methyl sites for hydroxylation is 1. The minimum absolute atomic E-state index is 0.102. The molecule has 88 valence electrons. The summed E-state index contributed by atoms with van der Waals surface area (Å²) in [6, 6.07) is 8.15. The van der Waals surface area contributed by atoms with E-state index in [0.717, 1.165) is 0 Å². The summed E-state index contributed by atoms with van der Waals surface area (Å²) in [5.41, 5.74) is 1.18. The Morgan fingerprint density at radius 1 is 1.35 bits per heavy atom. The molecule has 0 aliphatic rings. The molecule has 0 unspecified atom stereocenters. The summed E-state index contributed by atoms with van der Waals surface area (Å²) in [6.07, 6.45) is 1.51. The molecule has 1 heterocycles. The average Bonchev–Trinajstić information content (AvgIpc) is 2.35.